The summed E-state index contributed by atoms with van der Waals surface area (Å²) in [6.45, 7) is 4.27. The molecule has 2 N–H and O–H groups in total. The van der Waals surface area contributed by atoms with Gasteiger partial charge in [0.1, 0.15) is 23.9 Å². The fourth-order valence-corrected chi connectivity index (χ4v) is 3.68. The second-order valence-electron chi connectivity index (χ2n) is 8.43. The van der Waals surface area contributed by atoms with Crippen molar-refractivity contribution in [3.05, 3.63) is 65.7 Å². The molecule has 0 bridgehead atoms. The van der Waals surface area contributed by atoms with Gasteiger partial charge >= 0.3 is 0 Å². The van der Waals surface area contributed by atoms with Crippen LogP contribution in [0.4, 0.5) is 0 Å². The van der Waals surface area contributed by atoms with E-state index in [0.717, 1.165) is 11.1 Å². The molecular weight excluding hydrogens is 446 g/mol. The lowest BCUT2D eigenvalue weighted by molar-refractivity contribution is 0.0825. The molecule has 184 valence electrons. The van der Waals surface area contributed by atoms with Gasteiger partial charge < -0.3 is 29.3 Å². The lowest BCUT2D eigenvalue weighted by Gasteiger charge is -2.23. The second kappa shape index (κ2) is 10.9. The summed E-state index contributed by atoms with van der Waals surface area (Å²) < 4.78 is 17.1. The van der Waals surface area contributed by atoms with Crippen molar-refractivity contribution in [3.63, 3.8) is 0 Å². The summed E-state index contributed by atoms with van der Waals surface area (Å²) in [5.74, 6) is 0.891. The number of hydrogen-bond donors (Lipinski definition) is 2. The van der Waals surface area contributed by atoms with Crippen LogP contribution in [0.5, 0.6) is 28.7 Å². The van der Waals surface area contributed by atoms with Crippen molar-refractivity contribution in [2.75, 3.05) is 34.9 Å². The second-order valence-corrected chi connectivity index (χ2v) is 8.43. The van der Waals surface area contributed by atoms with Crippen LogP contribution in [0, 0.1) is 0 Å². The maximum atomic E-state index is 13.4. The molecule has 3 aromatic carbocycles. The van der Waals surface area contributed by atoms with E-state index in [1.807, 2.05) is 19.9 Å². The van der Waals surface area contributed by atoms with Gasteiger partial charge in [-0.2, -0.15) is 0 Å². The van der Waals surface area contributed by atoms with Gasteiger partial charge in [-0.05, 0) is 61.4 Å². The number of aromatic hydroxyl groups is 2. The van der Waals surface area contributed by atoms with Gasteiger partial charge in [-0.3, -0.25) is 4.79 Å². The van der Waals surface area contributed by atoms with E-state index in [1.54, 1.807) is 62.6 Å². The first-order valence-corrected chi connectivity index (χ1v) is 11.1. The summed E-state index contributed by atoms with van der Waals surface area (Å²) in [6.07, 6.45) is 1.91. The molecule has 0 radical (unpaired) electrons. The molecule has 3 aromatic rings. The Bertz CT molecular complexity index is 1240. The number of phenols is 2. The summed E-state index contributed by atoms with van der Waals surface area (Å²) in [7, 11) is 6.33. The summed E-state index contributed by atoms with van der Waals surface area (Å²) in [4.78, 5) is 14.9. The molecule has 35 heavy (non-hydrogen) atoms. The molecule has 7 nitrogen and oxygen atoms in total. The largest absolute Gasteiger partial charge is 0.508 e. The summed E-state index contributed by atoms with van der Waals surface area (Å²) >= 11 is 0. The number of phenolic OH excluding ortho intramolecular Hbond substituents is 2. The van der Waals surface area contributed by atoms with Crippen molar-refractivity contribution in [2.24, 2.45) is 0 Å². The van der Waals surface area contributed by atoms with Crippen molar-refractivity contribution in [3.8, 4) is 51.0 Å². The van der Waals surface area contributed by atoms with E-state index in [-0.39, 0.29) is 23.0 Å². The highest BCUT2D eigenvalue weighted by Gasteiger charge is 2.28. The Morgan fingerprint density at radius 2 is 1.57 bits per heavy atom. The number of nitrogens with zero attached hydrogens (tertiary/aromatic N) is 1. The van der Waals surface area contributed by atoms with Gasteiger partial charge in [0, 0.05) is 25.2 Å². The Labute approximate surface area is 205 Å². The number of amides is 1. The monoisotopic (exact) mass is 477 g/mol. The van der Waals surface area contributed by atoms with Crippen molar-refractivity contribution in [1.29, 1.82) is 0 Å². The average molecular weight is 478 g/mol. The van der Waals surface area contributed by atoms with E-state index in [4.69, 9.17) is 14.2 Å². The van der Waals surface area contributed by atoms with Gasteiger partial charge in [0.25, 0.3) is 5.91 Å². The van der Waals surface area contributed by atoms with Crippen LogP contribution < -0.4 is 14.2 Å². The van der Waals surface area contributed by atoms with Crippen molar-refractivity contribution >= 4 is 5.91 Å². The number of allylic oxidation sites excluding steroid dienone is 1. The van der Waals surface area contributed by atoms with Gasteiger partial charge in [0.05, 0.1) is 19.8 Å². The molecule has 0 aromatic heterocycles. The van der Waals surface area contributed by atoms with Gasteiger partial charge in [-0.25, -0.2) is 0 Å². The molecule has 0 unspecified atom stereocenters. The molecular formula is C28H31NO6. The van der Waals surface area contributed by atoms with Crippen molar-refractivity contribution < 1.29 is 29.2 Å². The molecule has 0 fully saturated rings. The zero-order chi connectivity index (χ0) is 25.7. The first kappa shape index (κ1) is 25.5. The molecule has 3 rings (SSSR count). The zero-order valence-electron chi connectivity index (χ0n) is 20.9. The third-order valence-corrected chi connectivity index (χ3v) is 5.44. The van der Waals surface area contributed by atoms with Crippen LogP contribution >= 0.6 is 0 Å². The Morgan fingerprint density at radius 3 is 2.11 bits per heavy atom. The van der Waals surface area contributed by atoms with E-state index in [9.17, 15) is 15.0 Å². The smallest absolute Gasteiger partial charge is 0.257 e. The van der Waals surface area contributed by atoms with E-state index in [1.165, 1.54) is 19.1 Å². The lowest BCUT2D eigenvalue weighted by Crippen LogP contribution is -2.23. The van der Waals surface area contributed by atoms with Gasteiger partial charge in [0.2, 0.25) is 0 Å². The molecule has 0 atom stereocenters. The Balaban J connectivity index is 2.26. The Morgan fingerprint density at radius 1 is 0.914 bits per heavy atom. The molecule has 0 aliphatic carbocycles. The Kier molecular flexibility index (Phi) is 7.91. The van der Waals surface area contributed by atoms with E-state index in [2.05, 4.69) is 0 Å². The van der Waals surface area contributed by atoms with E-state index < -0.39 is 0 Å². The molecule has 0 saturated heterocycles. The molecule has 0 spiro atoms. The van der Waals surface area contributed by atoms with Crippen LogP contribution in [0.15, 0.2) is 60.2 Å². The quantitative estimate of drug-likeness (QED) is 0.417. The van der Waals surface area contributed by atoms with Gasteiger partial charge in [-0.15, -0.1) is 0 Å². The van der Waals surface area contributed by atoms with Crippen molar-refractivity contribution in [1.82, 2.24) is 4.90 Å². The average Bonchev–Trinajstić information content (AvgIpc) is 2.83. The number of benzene rings is 3. The number of methoxy groups -OCH3 is 2. The first-order valence-electron chi connectivity index (χ1n) is 11.1. The fourth-order valence-electron chi connectivity index (χ4n) is 3.68. The third kappa shape index (κ3) is 5.51. The number of rotatable bonds is 8. The summed E-state index contributed by atoms with van der Waals surface area (Å²) in [5.41, 5.74) is 3.81. The number of ether oxygens (including phenoxy) is 3. The molecule has 0 saturated carbocycles. The fraction of sp³-hybridized carbons (Fsp3) is 0.250. The minimum atomic E-state index is -0.292. The normalized spacial score (nSPS) is 10.5. The Hall–Kier alpha value is -4.13. The van der Waals surface area contributed by atoms with Crippen LogP contribution in [0.1, 0.15) is 24.2 Å². The highest BCUT2D eigenvalue weighted by Crippen LogP contribution is 2.47. The van der Waals surface area contributed by atoms with Crippen LogP contribution in [-0.4, -0.2) is 55.9 Å². The predicted molar refractivity (Wildman–Crippen MR) is 137 cm³/mol. The molecule has 0 aliphatic rings. The molecule has 7 heteroatoms. The van der Waals surface area contributed by atoms with Crippen LogP contribution in [0.25, 0.3) is 22.3 Å². The maximum Gasteiger partial charge on any atom is 0.257 e. The van der Waals surface area contributed by atoms with Crippen LogP contribution in [0.2, 0.25) is 0 Å². The maximum absolute atomic E-state index is 13.4. The minimum Gasteiger partial charge on any atom is -0.508 e. The lowest BCUT2D eigenvalue weighted by atomic mass is 9.91. The number of carbonyl (C=O) groups is 1. The summed E-state index contributed by atoms with van der Waals surface area (Å²) in [5, 5.41) is 20.4. The number of hydrogen-bond acceptors (Lipinski definition) is 6. The highest BCUT2D eigenvalue weighted by molar-refractivity contribution is 6.07. The van der Waals surface area contributed by atoms with Gasteiger partial charge in [-0.1, -0.05) is 23.8 Å². The molecule has 1 amide bonds. The highest BCUT2D eigenvalue weighted by atomic mass is 16.5. The topological polar surface area (TPSA) is 88.5 Å². The molecule has 0 aliphatic heterocycles. The van der Waals surface area contributed by atoms with Gasteiger partial charge in [0.15, 0.2) is 11.5 Å². The standard InChI is InChI=1S/C28H31NO6/c1-17(2)13-14-35-23-12-9-19(15-22(23)31)25-24(33-5)16-21(18-7-10-20(30)11-8-18)27(34-6)26(25)28(32)29(3)4/h7-13,15-16,30-31H,14H2,1-6H3. The first-order chi connectivity index (χ1) is 16.7. The zero-order valence-corrected chi connectivity index (χ0v) is 20.9. The van der Waals surface area contributed by atoms with Crippen molar-refractivity contribution in [2.45, 2.75) is 13.8 Å². The molecule has 0 heterocycles. The SMILES string of the molecule is COc1cc(-c2ccc(O)cc2)c(OC)c(C(=O)N(C)C)c1-c1ccc(OCC=C(C)C)c(O)c1. The number of carbonyl (C=O) groups excluding carboxylic acids is 1. The van der Waals surface area contributed by atoms with Crippen LogP contribution in [-0.2, 0) is 0 Å². The van der Waals surface area contributed by atoms with E-state index in [0.29, 0.717) is 40.5 Å². The third-order valence-electron chi connectivity index (χ3n) is 5.44. The summed E-state index contributed by atoms with van der Waals surface area (Å²) in [6, 6.07) is 13.4. The van der Waals surface area contributed by atoms with Crippen LogP contribution in [0.3, 0.4) is 0 Å². The predicted octanol–water partition coefficient (Wildman–Crippen LogP) is 5.50. The van der Waals surface area contributed by atoms with E-state index >= 15 is 0 Å². The minimum absolute atomic E-state index is 0.0588.